The zero-order valence-corrected chi connectivity index (χ0v) is 13.2. The number of nitroso groups, excluding NO2 is 1. The van der Waals surface area contributed by atoms with Crippen molar-refractivity contribution in [3.05, 3.63) is 4.91 Å². The molecule has 0 aromatic rings. The van der Waals surface area contributed by atoms with E-state index in [2.05, 4.69) is 5.29 Å². The molecular weight excluding hydrogens is 338 g/mol. The molecule has 0 spiro atoms. The van der Waals surface area contributed by atoms with Crippen molar-refractivity contribution in [3.8, 4) is 0 Å². The summed E-state index contributed by atoms with van der Waals surface area (Å²) in [6, 6.07) is -1.04. The van der Waals surface area contributed by atoms with Gasteiger partial charge >= 0.3 is 6.03 Å². The largest absolute Gasteiger partial charge is 0.387 e. The topological polar surface area (TPSA) is 163 Å². The van der Waals surface area contributed by atoms with E-state index in [4.69, 9.17) is 16.3 Å². The van der Waals surface area contributed by atoms with Crippen molar-refractivity contribution in [2.75, 3.05) is 19.5 Å². The van der Waals surface area contributed by atoms with Gasteiger partial charge in [-0.3, -0.25) is 4.90 Å². The predicted octanol–water partition coefficient (Wildman–Crippen LogP) is -2.23. The summed E-state index contributed by atoms with van der Waals surface area (Å²) >= 11 is 5.42. The molecule has 1 saturated heterocycles. The first-order valence-corrected chi connectivity index (χ1v) is 7.18. The van der Waals surface area contributed by atoms with Gasteiger partial charge in [0, 0.05) is 12.9 Å². The van der Waals surface area contributed by atoms with Crippen LogP contribution in [-0.2, 0) is 4.74 Å². The molecule has 0 radical (unpaired) electrons. The van der Waals surface area contributed by atoms with Crippen molar-refractivity contribution in [2.45, 2.75) is 43.4 Å². The van der Waals surface area contributed by atoms with Crippen LogP contribution in [0.1, 0.15) is 6.92 Å². The van der Waals surface area contributed by atoms with Crippen LogP contribution in [0.2, 0.25) is 0 Å². The number of alkyl halides is 1. The molecule has 0 bridgehead atoms. The molecule has 1 aliphatic heterocycles. The monoisotopic (exact) mass is 357 g/mol. The molecule has 6 atom stereocenters. The van der Waals surface area contributed by atoms with Crippen LogP contribution in [0, 0.1) is 4.91 Å². The van der Waals surface area contributed by atoms with Gasteiger partial charge in [-0.15, -0.1) is 16.5 Å². The first kappa shape index (κ1) is 20.0. The van der Waals surface area contributed by atoms with Crippen molar-refractivity contribution in [3.63, 3.8) is 0 Å². The first-order chi connectivity index (χ1) is 10.6. The fourth-order valence-corrected chi connectivity index (χ4v) is 2.28. The van der Waals surface area contributed by atoms with Gasteiger partial charge in [-0.05, 0) is 6.92 Å². The first-order valence-electron chi connectivity index (χ1n) is 6.64. The Labute approximate surface area is 136 Å². The van der Waals surface area contributed by atoms with Crippen LogP contribution in [0.5, 0.6) is 0 Å². The Balaban J connectivity index is 2.92. The highest BCUT2D eigenvalue weighted by Crippen LogP contribution is 2.30. The Morgan fingerprint density at radius 3 is 2.43 bits per heavy atom. The molecule has 0 aliphatic carbocycles. The van der Waals surface area contributed by atoms with Gasteiger partial charge in [0.1, 0.15) is 24.4 Å². The number of nitrogens with zero attached hydrogens (tertiary/aromatic N) is 3. The van der Waals surface area contributed by atoms with Gasteiger partial charge in [0.2, 0.25) is 0 Å². The second-order valence-corrected chi connectivity index (χ2v) is 5.64. The molecule has 1 aliphatic rings. The number of rotatable bonds is 5. The van der Waals surface area contributed by atoms with E-state index in [1.807, 2.05) is 0 Å². The van der Waals surface area contributed by atoms with E-state index in [1.54, 1.807) is 0 Å². The zero-order valence-electron chi connectivity index (χ0n) is 12.5. The van der Waals surface area contributed by atoms with Crippen LogP contribution in [0.3, 0.4) is 0 Å². The van der Waals surface area contributed by atoms with Gasteiger partial charge in [0.25, 0.3) is 0 Å². The lowest BCUT2D eigenvalue weighted by molar-refractivity contribution is -0.355. The SMILES string of the molecule is CN(C(=O)N(CCCl)N=O)C(O)[C@H]1O[C@](C)(O)[C@@H](O)[C@@H](O)[C@@H]1O. The Morgan fingerprint density at radius 2 is 1.96 bits per heavy atom. The summed E-state index contributed by atoms with van der Waals surface area (Å²) < 4.78 is 4.97. The maximum Gasteiger partial charge on any atom is 0.344 e. The predicted molar refractivity (Wildman–Crippen MR) is 75.9 cm³/mol. The smallest absolute Gasteiger partial charge is 0.344 e. The quantitative estimate of drug-likeness (QED) is 0.160. The summed E-state index contributed by atoms with van der Waals surface area (Å²) in [5, 5.41) is 52.1. The average Bonchev–Trinajstić information content (AvgIpc) is 2.52. The standard InChI is InChI=1S/C11H20ClN3O8/c1-11(21)8(18)6(17)5(16)7(23-11)9(19)14(2)10(20)15(13-22)4-3-12/h5-9,16-19,21H,3-4H2,1-2H3/t5-,6-,7-,8-,9?,11-/m0/s1. The molecule has 0 aromatic heterocycles. The highest BCUT2D eigenvalue weighted by molar-refractivity contribution is 6.18. The van der Waals surface area contributed by atoms with Crippen LogP contribution in [0.4, 0.5) is 4.79 Å². The number of hydrogen-bond donors (Lipinski definition) is 5. The van der Waals surface area contributed by atoms with Crippen LogP contribution in [-0.4, -0.2) is 97.4 Å². The highest BCUT2D eigenvalue weighted by atomic mass is 35.5. The summed E-state index contributed by atoms with van der Waals surface area (Å²) in [5.41, 5.74) is 0. The minimum Gasteiger partial charge on any atom is -0.387 e. The van der Waals surface area contributed by atoms with E-state index in [-0.39, 0.29) is 12.4 Å². The van der Waals surface area contributed by atoms with Gasteiger partial charge < -0.3 is 30.3 Å². The molecule has 11 nitrogen and oxygen atoms in total. The zero-order chi connectivity index (χ0) is 17.9. The number of hydrogen-bond acceptors (Lipinski definition) is 9. The molecule has 12 heteroatoms. The molecule has 23 heavy (non-hydrogen) atoms. The number of aliphatic hydroxyl groups is 5. The molecule has 5 N–H and O–H groups in total. The van der Waals surface area contributed by atoms with Crippen LogP contribution in [0.25, 0.3) is 0 Å². The summed E-state index contributed by atoms with van der Waals surface area (Å²) in [6.45, 7) is 0.801. The van der Waals surface area contributed by atoms with Crippen molar-refractivity contribution in [2.24, 2.45) is 5.29 Å². The lowest BCUT2D eigenvalue weighted by Crippen LogP contribution is -2.67. The van der Waals surface area contributed by atoms with E-state index in [0.29, 0.717) is 9.91 Å². The summed E-state index contributed by atoms with van der Waals surface area (Å²) in [5.74, 6) is -2.35. The van der Waals surface area contributed by atoms with Gasteiger partial charge in [-0.2, -0.15) is 5.01 Å². The minimum absolute atomic E-state index is 0.0798. The maximum absolute atomic E-state index is 12.0. The van der Waals surface area contributed by atoms with Crippen LogP contribution >= 0.6 is 11.6 Å². The Morgan fingerprint density at radius 1 is 1.39 bits per heavy atom. The summed E-state index contributed by atoms with van der Waals surface area (Å²) in [4.78, 5) is 23.2. The lowest BCUT2D eigenvalue weighted by atomic mass is 9.92. The van der Waals surface area contributed by atoms with E-state index < -0.39 is 42.5 Å². The number of carbonyl (C=O) groups is 1. The van der Waals surface area contributed by atoms with E-state index in [1.165, 1.54) is 0 Å². The highest BCUT2D eigenvalue weighted by Gasteiger charge is 2.53. The third-order valence-electron chi connectivity index (χ3n) is 3.54. The van der Waals surface area contributed by atoms with Gasteiger partial charge in [0.05, 0.1) is 11.8 Å². The van der Waals surface area contributed by atoms with Crippen molar-refractivity contribution in [1.29, 1.82) is 0 Å². The van der Waals surface area contributed by atoms with Crippen LogP contribution in [0.15, 0.2) is 5.29 Å². The molecule has 1 fully saturated rings. The van der Waals surface area contributed by atoms with E-state index in [0.717, 1.165) is 14.0 Å². The van der Waals surface area contributed by atoms with Gasteiger partial charge in [-0.1, -0.05) is 0 Å². The van der Waals surface area contributed by atoms with Gasteiger partial charge in [0.15, 0.2) is 12.0 Å². The van der Waals surface area contributed by atoms with Crippen LogP contribution < -0.4 is 0 Å². The van der Waals surface area contributed by atoms with E-state index >= 15 is 0 Å². The molecule has 2 amide bonds. The number of halogens is 1. The average molecular weight is 358 g/mol. The van der Waals surface area contributed by atoms with Crippen molar-refractivity contribution < 1.29 is 35.1 Å². The number of aliphatic hydroxyl groups excluding tert-OH is 4. The Bertz CT molecular complexity index is 439. The third-order valence-corrected chi connectivity index (χ3v) is 3.71. The normalized spacial score (nSPS) is 35.5. The fraction of sp³-hybridized carbons (Fsp3) is 0.909. The number of amides is 2. The molecule has 1 rings (SSSR count). The Hall–Kier alpha value is -1.08. The minimum atomic E-state index is -2.27. The number of urea groups is 1. The molecule has 0 saturated carbocycles. The third kappa shape index (κ3) is 4.07. The van der Waals surface area contributed by atoms with Crippen molar-refractivity contribution in [1.82, 2.24) is 9.91 Å². The second kappa shape index (κ2) is 7.66. The molecule has 1 heterocycles. The van der Waals surface area contributed by atoms with Gasteiger partial charge in [-0.25, -0.2) is 4.79 Å². The molecular formula is C11H20ClN3O8. The lowest BCUT2D eigenvalue weighted by Gasteiger charge is -2.46. The molecule has 134 valence electrons. The summed E-state index contributed by atoms with van der Waals surface area (Å²) in [7, 11) is 1.08. The number of likely N-dealkylation sites (N-methyl/N-ethyl adjacent to an activating group) is 1. The summed E-state index contributed by atoms with van der Waals surface area (Å²) in [6.07, 6.45) is -8.97. The number of ether oxygens (including phenoxy) is 1. The maximum atomic E-state index is 12.0. The molecule has 1 unspecified atom stereocenters. The second-order valence-electron chi connectivity index (χ2n) is 5.26. The van der Waals surface area contributed by atoms with E-state index in [9.17, 15) is 35.2 Å². The fourth-order valence-electron chi connectivity index (χ4n) is 2.12. The Kier molecular flexibility index (Phi) is 6.65. The molecule has 0 aromatic carbocycles. The number of carbonyl (C=O) groups excluding carboxylic acids is 1. The van der Waals surface area contributed by atoms with Crippen molar-refractivity contribution >= 4 is 17.6 Å².